The highest BCUT2D eigenvalue weighted by Gasteiger charge is 2.19. The predicted molar refractivity (Wildman–Crippen MR) is 67.8 cm³/mol. The lowest BCUT2D eigenvalue weighted by Crippen LogP contribution is -2.15. The summed E-state index contributed by atoms with van der Waals surface area (Å²) >= 11 is 1.35. The molecule has 0 bridgehead atoms. The van der Waals surface area contributed by atoms with Crippen LogP contribution >= 0.6 is 11.8 Å². The first-order valence-electron chi connectivity index (χ1n) is 4.96. The van der Waals surface area contributed by atoms with Crippen LogP contribution in [-0.4, -0.2) is 23.9 Å². The lowest BCUT2D eigenvalue weighted by molar-refractivity contribution is 0.574. The van der Waals surface area contributed by atoms with Gasteiger partial charge in [0.1, 0.15) is 5.03 Å². The Kier molecular flexibility index (Phi) is 3.26. The third-order valence-electron chi connectivity index (χ3n) is 2.33. The van der Waals surface area contributed by atoms with Crippen molar-refractivity contribution in [1.82, 2.24) is 9.19 Å². The largest absolute Gasteiger partial charge is 0.283 e. The Labute approximate surface area is 105 Å². The van der Waals surface area contributed by atoms with Gasteiger partial charge in [-0.3, -0.25) is 0 Å². The van der Waals surface area contributed by atoms with E-state index in [0.717, 1.165) is 9.65 Å². The molecule has 0 aliphatic heterocycles. The molecule has 0 unspecified atom stereocenters. The van der Waals surface area contributed by atoms with Crippen molar-refractivity contribution in [3.8, 4) is 0 Å². The third-order valence-corrected chi connectivity index (χ3v) is 4.79. The molecule has 0 radical (unpaired) electrons. The number of nitrogens with zero attached hydrogens (tertiary/aromatic N) is 2. The van der Waals surface area contributed by atoms with Crippen LogP contribution in [0.2, 0.25) is 0 Å². The van der Waals surface area contributed by atoms with Crippen molar-refractivity contribution >= 4 is 21.8 Å². The van der Waals surface area contributed by atoms with E-state index in [1.165, 1.54) is 18.0 Å². The molecule has 1 aromatic carbocycles. The molecule has 1 heterocycles. The Morgan fingerprint density at radius 2 is 1.82 bits per heavy atom. The van der Waals surface area contributed by atoms with Gasteiger partial charge in [0, 0.05) is 0 Å². The van der Waals surface area contributed by atoms with E-state index < -0.39 is 10.0 Å². The van der Waals surface area contributed by atoms with Crippen molar-refractivity contribution in [2.75, 3.05) is 6.26 Å². The van der Waals surface area contributed by atoms with Gasteiger partial charge in [0.05, 0.1) is 11.1 Å². The number of benzene rings is 1. The number of hydrogen-bond donors (Lipinski definition) is 0. The number of rotatable bonds is 3. The SMILES string of the molecule is CSc1ccnn1S(=O)(=O)c1ccc(C)cc1. The fourth-order valence-corrected chi connectivity index (χ4v) is 3.49. The zero-order valence-electron chi connectivity index (χ0n) is 9.49. The van der Waals surface area contributed by atoms with E-state index in [2.05, 4.69) is 5.10 Å². The average molecular weight is 268 g/mol. The van der Waals surface area contributed by atoms with E-state index in [1.54, 1.807) is 30.3 Å². The second-order valence-electron chi connectivity index (χ2n) is 3.53. The van der Waals surface area contributed by atoms with Crippen LogP contribution < -0.4 is 0 Å². The Bertz CT molecular complexity index is 615. The first kappa shape index (κ1) is 12.2. The summed E-state index contributed by atoms with van der Waals surface area (Å²) in [6, 6.07) is 8.41. The highest BCUT2D eigenvalue weighted by Crippen LogP contribution is 2.20. The monoisotopic (exact) mass is 268 g/mol. The van der Waals surface area contributed by atoms with Crippen LogP contribution in [-0.2, 0) is 10.0 Å². The normalized spacial score (nSPS) is 11.6. The van der Waals surface area contributed by atoms with Crippen LogP contribution in [0.25, 0.3) is 0 Å². The van der Waals surface area contributed by atoms with Crippen molar-refractivity contribution in [3.63, 3.8) is 0 Å². The molecule has 0 aliphatic rings. The maximum atomic E-state index is 12.3. The molecule has 0 saturated carbocycles. The summed E-state index contributed by atoms with van der Waals surface area (Å²) in [6.07, 6.45) is 3.30. The minimum atomic E-state index is -3.57. The first-order valence-corrected chi connectivity index (χ1v) is 7.62. The van der Waals surface area contributed by atoms with Gasteiger partial charge < -0.3 is 0 Å². The molecule has 0 saturated heterocycles. The number of aromatic nitrogens is 2. The van der Waals surface area contributed by atoms with Gasteiger partial charge >= 0.3 is 0 Å². The van der Waals surface area contributed by atoms with Crippen LogP contribution in [0.3, 0.4) is 0 Å². The van der Waals surface area contributed by atoms with Crippen LogP contribution in [0, 0.1) is 6.92 Å². The molecule has 2 aromatic rings. The van der Waals surface area contributed by atoms with Gasteiger partial charge in [0.2, 0.25) is 0 Å². The fourth-order valence-electron chi connectivity index (χ4n) is 1.42. The molecule has 2 rings (SSSR count). The van der Waals surface area contributed by atoms with Gasteiger partial charge in [-0.2, -0.15) is 13.5 Å². The maximum Gasteiger partial charge on any atom is 0.283 e. The van der Waals surface area contributed by atoms with E-state index in [9.17, 15) is 8.42 Å². The van der Waals surface area contributed by atoms with Gasteiger partial charge in [0.15, 0.2) is 0 Å². The lowest BCUT2D eigenvalue weighted by atomic mass is 10.2. The summed E-state index contributed by atoms with van der Waals surface area (Å²) in [7, 11) is -3.57. The number of hydrogen-bond acceptors (Lipinski definition) is 4. The van der Waals surface area contributed by atoms with Crippen LogP contribution in [0.4, 0.5) is 0 Å². The van der Waals surface area contributed by atoms with Gasteiger partial charge in [0.25, 0.3) is 10.0 Å². The molecule has 17 heavy (non-hydrogen) atoms. The summed E-state index contributed by atoms with van der Waals surface area (Å²) in [6.45, 7) is 1.91. The van der Waals surface area contributed by atoms with Crippen molar-refractivity contribution < 1.29 is 8.42 Å². The Morgan fingerprint density at radius 1 is 1.18 bits per heavy atom. The third kappa shape index (κ3) is 2.23. The topological polar surface area (TPSA) is 52.0 Å². The molecule has 0 spiro atoms. The van der Waals surface area contributed by atoms with Gasteiger partial charge in [-0.15, -0.1) is 15.8 Å². The second kappa shape index (κ2) is 4.54. The van der Waals surface area contributed by atoms with Crippen LogP contribution in [0.1, 0.15) is 5.56 Å². The molecule has 1 aromatic heterocycles. The highest BCUT2D eigenvalue weighted by molar-refractivity contribution is 7.99. The molecule has 0 N–H and O–H groups in total. The molecule has 0 fully saturated rings. The smallest absolute Gasteiger partial charge is 0.199 e. The molecule has 6 heteroatoms. The Morgan fingerprint density at radius 3 is 2.41 bits per heavy atom. The zero-order chi connectivity index (χ0) is 12.5. The van der Waals surface area contributed by atoms with Crippen molar-refractivity contribution in [2.24, 2.45) is 0 Å². The zero-order valence-corrected chi connectivity index (χ0v) is 11.1. The molecule has 0 amide bonds. The molecular weight excluding hydrogens is 256 g/mol. The second-order valence-corrected chi connectivity index (χ2v) is 6.13. The van der Waals surface area contributed by atoms with Crippen molar-refractivity contribution in [1.29, 1.82) is 0 Å². The lowest BCUT2D eigenvalue weighted by Gasteiger charge is -2.07. The summed E-state index contributed by atoms with van der Waals surface area (Å²) < 4.78 is 25.6. The van der Waals surface area contributed by atoms with Gasteiger partial charge in [-0.25, -0.2) is 0 Å². The molecule has 4 nitrogen and oxygen atoms in total. The number of thioether (sulfide) groups is 1. The van der Waals surface area contributed by atoms with Gasteiger partial charge in [-0.05, 0) is 31.4 Å². The maximum absolute atomic E-state index is 12.3. The van der Waals surface area contributed by atoms with Crippen molar-refractivity contribution in [3.05, 3.63) is 42.1 Å². The fraction of sp³-hybridized carbons (Fsp3) is 0.182. The van der Waals surface area contributed by atoms with Crippen LogP contribution in [0.15, 0.2) is 46.5 Å². The first-order chi connectivity index (χ1) is 8.05. The standard InChI is InChI=1S/C11H12N2O2S2/c1-9-3-5-10(6-4-9)17(14,15)13-11(16-2)7-8-12-13/h3-8H,1-2H3. The van der Waals surface area contributed by atoms with E-state index in [4.69, 9.17) is 0 Å². The Balaban J connectivity index is 2.54. The predicted octanol–water partition coefficient (Wildman–Crippen LogP) is 2.15. The molecule has 90 valence electrons. The minimum absolute atomic E-state index is 0.252. The molecule has 0 atom stereocenters. The van der Waals surface area contributed by atoms with E-state index in [1.807, 2.05) is 13.2 Å². The van der Waals surface area contributed by atoms with E-state index >= 15 is 0 Å². The number of aryl methyl sites for hydroxylation is 1. The molecular formula is C11H12N2O2S2. The highest BCUT2D eigenvalue weighted by atomic mass is 32.2. The Hall–Kier alpha value is -1.27. The van der Waals surface area contributed by atoms with Crippen molar-refractivity contribution in [2.45, 2.75) is 16.8 Å². The summed E-state index contributed by atoms with van der Waals surface area (Å²) in [4.78, 5) is 0.252. The van der Waals surface area contributed by atoms with E-state index in [-0.39, 0.29) is 4.90 Å². The average Bonchev–Trinajstić information content (AvgIpc) is 2.78. The minimum Gasteiger partial charge on any atom is -0.199 e. The van der Waals surface area contributed by atoms with Crippen LogP contribution in [0.5, 0.6) is 0 Å². The quantitative estimate of drug-likeness (QED) is 0.800. The summed E-state index contributed by atoms with van der Waals surface area (Å²) in [5, 5.41) is 4.47. The molecule has 0 aliphatic carbocycles. The summed E-state index contributed by atoms with van der Waals surface area (Å²) in [5.74, 6) is 0. The van der Waals surface area contributed by atoms with Gasteiger partial charge in [-0.1, -0.05) is 17.7 Å². The summed E-state index contributed by atoms with van der Waals surface area (Å²) in [5.41, 5.74) is 1.02. The van der Waals surface area contributed by atoms with E-state index in [0.29, 0.717) is 5.03 Å².